The Hall–Kier alpha value is -1.35. The molecule has 0 saturated carbocycles. The first-order chi connectivity index (χ1) is 8.32. The monoisotopic (exact) mass is 248 g/mol. The van der Waals surface area contributed by atoms with E-state index in [4.69, 9.17) is 0 Å². The zero-order valence-corrected chi connectivity index (χ0v) is 12.3. The zero-order valence-electron chi connectivity index (χ0n) is 12.3. The third kappa shape index (κ3) is 3.57. The Labute approximate surface area is 110 Å². The predicted molar refractivity (Wildman–Crippen MR) is 75.8 cm³/mol. The van der Waals surface area contributed by atoms with E-state index in [2.05, 4.69) is 45.1 Å². The smallest absolute Gasteiger partial charge is 0.236 e. The fourth-order valence-corrected chi connectivity index (χ4v) is 1.96. The van der Waals surface area contributed by atoms with Crippen molar-refractivity contribution in [1.29, 1.82) is 0 Å². The number of rotatable bonds is 4. The van der Waals surface area contributed by atoms with Gasteiger partial charge in [0, 0.05) is 20.1 Å². The standard InChI is InChI=1S/C15H24N2O/c1-10-7-12(3)14(8-11(10)2)13(4)16-9-15(18)17(5)6/h7-8,13,16H,9H2,1-6H3. The molecule has 0 heterocycles. The number of amides is 1. The molecular formula is C15H24N2O. The number of nitrogens with one attached hydrogen (secondary N) is 1. The highest BCUT2D eigenvalue weighted by Crippen LogP contribution is 2.21. The summed E-state index contributed by atoms with van der Waals surface area (Å²) >= 11 is 0. The first-order valence-electron chi connectivity index (χ1n) is 6.34. The van der Waals surface area contributed by atoms with E-state index in [1.165, 1.54) is 22.3 Å². The number of likely N-dealkylation sites (N-methyl/N-ethyl adjacent to an activating group) is 1. The van der Waals surface area contributed by atoms with Crippen LogP contribution in [0.3, 0.4) is 0 Å². The SMILES string of the molecule is Cc1cc(C)c(C(C)NCC(=O)N(C)C)cc1C. The van der Waals surface area contributed by atoms with Gasteiger partial charge in [-0.2, -0.15) is 0 Å². The van der Waals surface area contributed by atoms with E-state index in [1.54, 1.807) is 19.0 Å². The molecule has 1 unspecified atom stereocenters. The van der Waals surface area contributed by atoms with Gasteiger partial charge in [0.2, 0.25) is 5.91 Å². The van der Waals surface area contributed by atoms with Crippen LogP contribution in [0.1, 0.15) is 35.2 Å². The lowest BCUT2D eigenvalue weighted by atomic mass is 9.96. The minimum Gasteiger partial charge on any atom is -0.348 e. The van der Waals surface area contributed by atoms with Crippen LogP contribution < -0.4 is 5.32 Å². The molecule has 100 valence electrons. The lowest BCUT2D eigenvalue weighted by Crippen LogP contribution is -2.34. The van der Waals surface area contributed by atoms with E-state index in [-0.39, 0.29) is 11.9 Å². The largest absolute Gasteiger partial charge is 0.348 e. The highest BCUT2D eigenvalue weighted by molar-refractivity contribution is 5.77. The summed E-state index contributed by atoms with van der Waals surface area (Å²) in [7, 11) is 3.55. The van der Waals surface area contributed by atoms with Gasteiger partial charge in [0.15, 0.2) is 0 Å². The van der Waals surface area contributed by atoms with E-state index in [1.807, 2.05) is 0 Å². The number of aryl methyl sites for hydroxylation is 3. The second-order valence-corrected chi connectivity index (χ2v) is 5.18. The molecule has 0 aliphatic heterocycles. The normalized spacial score (nSPS) is 12.3. The molecule has 0 spiro atoms. The van der Waals surface area contributed by atoms with Gasteiger partial charge in [0.1, 0.15) is 0 Å². The number of hydrogen-bond donors (Lipinski definition) is 1. The fraction of sp³-hybridized carbons (Fsp3) is 0.533. The molecule has 1 amide bonds. The van der Waals surface area contributed by atoms with Gasteiger partial charge in [-0.3, -0.25) is 4.79 Å². The van der Waals surface area contributed by atoms with Gasteiger partial charge in [-0.1, -0.05) is 12.1 Å². The number of benzene rings is 1. The van der Waals surface area contributed by atoms with Crippen LogP contribution in [-0.2, 0) is 4.79 Å². The van der Waals surface area contributed by atoms with Crippen LogP contribution in [-0.4, -0.2) is 31.4 Å². The summed E-state index contributed by atoms with van der Waals surface area (Å²) in [6.07, 6.45) is 0. The van der Waals surface area contributed by atoms with Gasteiger partial charge in [-0.25, -0.2) is 0 Å². The number of carbonyl (C=O) groups is 1. The molecule has 0 radical (unpaired) electrons. The van der Waals surface area contributed by atoms with Gasteiger partial charge in [0.05, 0.1) is 6.54 Å². The summed E-state index contributed by atoms with van der Waals surface area (Å²) < 4.78 is 0. The van der Waals surface area contributed by atoms with Gasteiger partial charge in [0.25, 0.3) is 0 Å². The van der Waals surface area contributed by atoms with Crippen molar-refractivity contribution in [1.82, 2.24) is 10.2 Å². The summed E-state index contributed by atoms with van der Waals surface area (Å²) in [5, 5.41) is 3.28. The molecule has 18 heavy (non-hydrogen) atoms. The maximum absolute atomic E-state index is 11.5. The number of hydrogen-bond acceptors (Lipinski definition) is 2. The van der Waals surface area contributed by atoms with Crippen molar-refractivity contribution in [2.24, 2.45) is 0 Å². The molecule has 0 fully saturated rings. The molecule has 1 atom stereocenters. The number of nitrogens with zero attached hydrogens (tertiary/aromatic N) is 1. The summed E-state index contributed by atoms with van der Waals surface area (Å²) in [5.74, 6) is 0.100. The van der Waals surface area contributed by atoms with E-state index in [0.717, 1.165) is 0 Å². The fourth-order valence-electron chi connectivity index (χ4n) is 1.96. The van der Waals surface area contributed by atoms with Crippen LogP contribution in [0.5, 0.6) is 0 Å². The van der Waals surface area contributed by atoms with Gasteiger partial charge < -0.3 is 10.2 Å². The Morgan fingerprint density at radius 3 is 2.28 bits per heavy atom. The van der Waals surface area contributed by atoms with Crippen molar-refractivity contribution < 1.29 is 4.79 Å². The highest BCUT2D eigenvalue weighted by atomic mass is 16.2. The first kappa shape index (κ1) is 14.7. The van der Waals surface area contributed by atoms with Crippen molar-refractivity contribution in [3.05, 3.63) is 34.4 Å². The van der Waals surface area contributed by atoms with Crippen LogP contribution in [0.25, 0.3) is 0 Å². The van der Waals surface area contributed by atoms with Gasteiger partial charge in [-0.05, 0) is 49.9 Å². The molecular weight excluding hydrogens is 224 g/mol. The highest BCUT2D eigenvalue weighted by Gasteiger charge is 2.11. The summed E-state index contributed by atoms with van der Waals surface area (Å²) in [6, 6.07) is 4.60. The second-order valence-electron chi connectivity index (χ2n) is 5.18. The Balaban J connectivity index is 2.76. The number of carbonyl (C=O) groups excluding carboxylic acids is 1. The molecule has 0 aromatic heterocycles. The summed E-state index contributed by atoms with van der Waals surface area (Å²) in [5.41, 5.74) is 5.15. The van der Waals surface area contributed by atoms with Crippen LogP contribution in [0, 0.1) is 20.8 Å². The molecule has 0 bridgehead atoms. The van der Waals surface area contributed by atoms with Crippen molar-refractivity contribution in [2.75, 3.05) is 20.6 Å². The van der Waals surface area contributed by atoms with Crippen LogP contribution in [0.4, 0.5) is 0 Å². The Morgan fingerprint density at radius 2 is 1.72 bits per heavy atom. The summed E-state index contributed by atoms with van der Waals surface area (Å²) in [4.78, 5) is 13.2. The average Bonchev–Trinajstić information content (AvgIpc) is 2.30. The molecule has 1 rings (SSSR count). The van der Waals surface area contributed by atoms with Crippen molar-refractivity contribution in [2.45, 2.75) is 33.7 Å². The molecule has 0 aliphatic rings. The lowest BCUT2D eigenvalue weighted by Gasteiger charge is -2.19. The second kappa shape index (κ2) is 6.01. The average molecular weight is 248 g/mol. The van der Waals surface area contributed by atoms with Crippen LogP contribution in [0.2, 0.25) is 0 Å². The van der Waals surface area contributed by atoms with Crippen molar-refractivity contribution in [3.63, 3.8) is 0 Å². The van der Waals surface area contributed by atoms with Crippen LogP contribution in [0.15, 0.2) is 12.1 Å². The van der Waals surface area contributed by atoms with Gasteiger partial charge >= 0.3 is 0 Å². The zero-order chi connectivity index (χ0) is 13.9. The lowest BCUT2D eigenvalue weighted by molar-refractivity contribution is -0.127. The Kier molecular flexibility index (Phi) is 4.91. The molecule has 3 nitrogen and oxygen atoms in total. The minimum atomic E-state index is 0.100. The van der Waals surface area contributed by atoms with Crippen LogP contribution >= 0.6 is 0 Å². The quantitative estimate of drug-likeness (QED) is 0.887. The maximum Gasteiger partial charge on any atom is 0.236 e. The summed E-state index contributed by atoms with van der Waals surface area (Å²) in [6.45, 7) is 8.84. The molecule has 1 aromatic carbocycles. The van der Waals surface area contributed by atoms with E-state index in [0.29, 0.717) is 6.54 Å². The third-order valence-corrected chi connectivity index (χ3v) is 3.41. The first-order valence-corrected chi connectivity index (χ1v) is 6.34. The topological polar surface area (TPSA) is 32.3 Å². The molecule has 0 saturated heterocycles. The Bertz CT molecular complexity index is 438. The van der Waals surface area contributed by atoms with Crippen molar-refractivity contribution in [3.8, 4) is 0 Å². The molecule has 1 aromatic rings. The van der Waals surface area contributed by atoms with E-state index in [9.17, 15) is 4.79 Å². The maximum atomic E-state index is 11.5. The van der Waals surface area contributed by atoms with Gasteiger partial charge in [-0.15, -0.1) is 0 Å². The predicted octanol–water partition coefficient (Wildman–Crippen LogP) is 2.35. The molecule has 3 heteroatoms. The molecule has 0 aliphatic carbocycles. The third-order valence-electron chi connectivity index (χ3n) is 3.41. The van der Waals surface area contributed by atoms with E-state index >= 15 is 0 Å². The molecule has 1 N–H and O–H groups in total. The Morgan fingerprint density at radius 1 is 1.17 bits per heavy atom. The van der Waals surface area contributed by atoms with Crippen molar-refractivity contribution >= 4 is 5.91 Å². The van der Waals surface area contributed by atoms with E-state index < -0.39 is 0 Å². The minimum absolute atomic E-state index is 0.100.